The minimum atomic E-state index is 0.725. The van der Waals surface area contributed by atoms with E-state index < -0.39 is 0 Å². The summed E-state index contributed by atoms with van der Waals surface area (Å²) >= 11 is 1.68. The van der Waals surface area contributed by atoms with Gasteiger partial charge < -0.3 is 5.32 Å². The van der Waals surface area contributed by atoms with E-state index in [9.17, 15) is 0 Å². The first-order valence-electron chi connectivity index (χ1n) is 8.19. The van der Waals surface area contributed by atoms with Crippen molar-refractivity contribution in [3.8, 4) is 0 Å². The fourth-order valence-corrected chi connectivity index (χ4v) is 4.49. The van der Waals surface area contributed by atoms with E-state index in [0.29, 0.717) is 0 Å². The molecule has 4 rings (SSSR count). The van der Waals surface area contributed by atoms with Crippen LogP contribution in [0.5, 0.6) is 0 Å². The molecule has 0 aliphatic carbocycles. The van der Waals surface area contributed by atoms with E-state index in [0.717, 1.165) is 41.3 Å². The van der Waals surface area contributed by atoms with E-state index in [-0.39, 0.29) is 0 Å². The number of aromatic nitrogens is 3. The van der Waals surface area contributed by atoms with Gasteiger partial charge in [-0.05, 0) is 20.3 Å². The van der Waals surface area contributed by atoms with Crippen LogP contribution in [0.25, 0.3) is 4.96 Å². The standard InChI is InChI=1S/C15H24N6S/c1-11-14(21-15(17-11)22-12(2)18-21)10-19-6-3-13(9-19)20-7-4-16-5-8-20/h13,16H,3-10H2,1-2H3. The van der Waals surface area contributed by atoms with Crippen LogP contribution in [0, 0.1) is 13.8 Å². The number of hydrogen-bond donors (Lipinski definition) is 1. The van der Waals surface area contributed by atoms with Gasteiger partial charge in [0.05, 0.1) is 11.4 Å². The molecule has 22 heavy (non-hydrogen) atoms. The van der Waals surface area contributed by atoms with Gasteiger partial charge in [0.15, 0.2) is 0 Å². The minimum absolute atomic E-state index is 0.725. The number of piperazine rings is 1. The van der Waals surface area contributed by atoms with Crippen molar-refractivity contribution in [3.05, 3.63) is 16.4 Å². The molecule has 2 saturated heterocycles. The number of nitrogens with one attached hydrogen (secondary N) is 1. The van der Waals surface area contributed by atoms with Gasteiger partial charge in [-0.2, -0.15) is 5.10 Å². The molecular weight excluding hydrogens is 296 g/mol. The number of fused-ring (bicyclic) bond motifs is 1. The summed E-state index contributed by atoms with van der Waals surface area (Å²) in [6.45, 7) is 12.1. The molecule has 6 nitrogen and oxygen atoms in total. The zero-order chi connectivity index (χ0) is 15.1. The zero-order valence-electron chi connectivity index (χ0n) is 13.4. The number of rotatable bonds is 3. The molecule has 2 aliphatic rings. The van der Waals surface area contributed by atoms with Gasteiger partial charge in [0.25, 0.3) is 0 Å². The summed E-state index contributed by atoms with van der Waals surface area (Å²) in [7, 11) is 0. The quantitative estimate of drug-likeness (QED) is 0.910. The largest absolute Gasteiger partial charge is 0.314 e. The Morgan fingerprint density at radius 2 is 2.05 bits per heavy atom. The van der Waals surface area contributed by atoms with Crippen molar-refractivity contribution in [3.63, 3.8) is 0 Å². The first-order chi connectivity index (χ1) is 10.7. The number of nitrogens with zero attached hydrogens (tertiary/aromatic N) is 5. The molecule has 120 valence electrons. The smallest absolute Gasteiger partial charge is 0.212 e. The number of hydrogen-bond acceptors (Lipinski definition) is 6. The lowest BCUT2D eigenvalue weighted by molar-refractivity contribution is 0.170. The molecule has 0 spiro atoms. The summed E-state index contributed by atoms with van der Waals surface area (Å²) in [5, 5.41) is 9.14. The second-order valence-corrected chi connectivity index (χ2v) is 7.58. The summed E-state index contributed by atoms with van der Waals surface area (Å²) in [4.78, 5) is 10.9. The average molecular weight is 320 g/mol. The molecule has 2 aromatic heterocycles. The molecule has 4 heterocycles. The van der Waals surface area contributed by atoms with Gasteiger partial charge in [-0.1, -0.05) is 11.3 Å². The van der Waals surface area contributed by atoms with Crippen molar-refractivity contribution in [1.29, 1.82) is 0 Å². The van der Waals surface area contributed by atoms with Gasteiger partial charge in [-0.3, -0.25) is 9.80 Å². The summed E-state index contributed by atoms with van der Waals surface area (Å²) in [5.41, 5.74) is 2.39. The molecule has 0 amide bonds. The fraction of sp³-hybridized carbons (Fsp3) is 0.733. The van der Waals surface area contributed by atoms with Gasteiger partial charge in [-0.15, -0.1) is 0 Å². The average Bonchev–Trinajstić information content (AvgIpc) is 3.18. The number of likely N-dealkylation sites (tertiary alicyclic amines) is 1. The van der Waals surface area contributed by atoms with Crippen LogP contribution in [0.2, 0.25) is 0 Å². The maximum absolute atomic E-state index is 4.66. The van der Waals surface area contributed by atoms with E-state index in [2.05, 4.69) is 39.0 Å². The molecule has 0 aromatic carbocycles. The van der Waals surface area contributed by atoms with Crippen LogP contribution < -0.4 is 5.32 Å². The molecule has 7 heteroatoms. The molecule has 0 saturated carbocycles. The lowest BCUT2D eigenvalue weighted by Crippen LogP contribution is -2.49. The monoisotopic (exact) mass is 320 g/mol. The van der Waals surface area contributed by atoms with Crippen LogP contribution in [0.4, 0.5) is 0 Å². The Labute approximate surface area is 135 Å². The highest BCUT2D eigenvalue weighted by atomic mass is 32.1. The van der Waals surface area contributed by atoms with Gasteiger partial charge >= 0.3 is 0 Å². The maximum Gasteiger partial charge on any atom is 0.212 e. The minimum Gasteiger partial charge on any atom is -0.314 e. The molecule has 0 bridgehead atoms. The molecule has 1 N–H and O–H groups in total. The van der Waals surface area contributed by atoms with Crippen LogP contribution >= 0.6 is 11.3 Å². The molecular formula is C15H24N6S. The van der Waals surface area contributed by atoms with Crippen molar-refractivity contribution in [2.75, 3.05) is 39.3 Å². The Kier molecular flexibility index (Phi) is 3.89. The van der Waals surface area contributed by atoms with E-state index in [1.807, 2.05) is 4.52 Å². The van der Waals surface area contributed by atoms with E-state index >= 15 is 0 Å². The third kappa shape index (κ3) is 2.67. The Balaban J connectivity index is 1.46. The zero-order valence-corrected chi connectivity index (χ0v) is 14.2. The fourth-order valence-electron chi connectivity index (χ4n) is 3.68. The lowest BCUT2D eigenvalue weighted by atomic mass is 10.2. The van der Waals surface area contributed by atoms with Crippen LogP contribution in [0.15, 0.2) is 0 Å². The van der Waals surface area contributed by atoms with E-state index in [1.54, 1.807) is 11.3 Å². The SMILES string of the molecule is Cc1nn2c(CN3CCC(N4CCNCC4)C3)c(C)nc2s1. The van der Waals surface area contributed by atoms with Crippen molar-refractivity contribution < 1.29 is 0 Å². The predicted octanol–water partition coefficient (Wildman–Crippen LogP) is 0.887. The highest BCUT2D eigenvalue weighted by molar-refractivity contribution is 7.16. The molecule has 1 unspecified atom stereocenters. The normalized spacial score (nSPS) is 24.5. The Morgan fingerprint density at radius 3 is 2.86 bits per heavy atom. The maximum atomic E-state index is 4.66. The Bertz CT molecular complexity index is 656. The summed E-state index contributed by atoms with van der Waals surface area (Å²) < 4.78 is 2.05. The molecule has 0 radical (unpaired) electrons. The van der Waals surface area contributed by atoms with Crippen molar-refractivity contribution in [2.45, 2.75) is 32.9 Å². The Morgan fingerprint density at radius 1 is 1.23 bits per heavy atom. The van der Waals surface area contributed by atoms with Crippen LogP contribution in [0.1, 0.15) is 22.8 Å². The van der Waals surface area contributed by atoms with Crippen molar-refractivity contribution in [2.24, 2.45) is 0 Å². The predicted molar refractivity (Wildman–Crippen MR) is 88.5 cm³/mol. The molecule has 2 aliphatic heterocycles. The highest BCUT2D eigenvalue weighted by Crippen LogP contribution is 2.22. The van der Waals surface area contributed by atoms with Crippen LogP contribution in [-0.4, -0.2) is 69.7 Å². The molecule has 1 atom stereocenters. The number of aryl methyl sites for hydroxylation is 2. The highest BCUT2D eigenvalue weighted by Gasteiger charge is 2.29. The summed E-state index contributed by atoms with van der Waals surface area (Å²) in [6.07, 6.45) is 1.29. The van der Waals surface area contributed by atoms with Crippen molar-refractivity contribution >= 4 is 16.3 Å². The topological polar surface area (TPSA) is 48.7 Å². The van der Waals surface area contributed by atoms with E-state index in [4.69, 9.17) is 0 Å². The third-order valence-electron chi connectivity index (χ3n) is 4.89. The van der Waals surface area contributed by atoms with Crippen LogP contribution in [-0.2, 0) is 6.54 Å². The molecule has 2 aromatic rings. The first kappa shape index (κ1) is 14.6. The second-order valence-electron chi connectivity index (χ2n) is 6.42. The summed E-state index contributed by atoms with van der Waals surface area (Å²) in [5.74, 6) is 0. The van der Waals surface area contributed by atoms with Gasteiger partial charge in [-0.25, -0.2) is 9.50 Å². The third-order valence-corrected chi connectivity index (χ3v) is 5.71. The molecule has 2 fully saturated rings. The van der Waals surface area contributed by atoms with Gasteiger partial charge in [0, 0.05) is 51.9 Å². The second kappa shape index (κ2) is 5.88. The Hall–Kier alpha value is -1.02. The summed E-state index contributed by atoms with van der Waals surface area (Å²) in [6, 6.07) is 0.725. The van der Waals surface area contributed by atoms with Crippen LogP contribution in [0.3, 0.4) is 0 Å². The number of imidazole rings is 1. The van der Waals surface area contributed by atoms with Crippen molar-refractivity contribution in [1.82, 2.24) is 29.7 Å². The lowest BCUT2D eigenvalue weighted by Gasteiger charge is -2.32. The van der Waals surface area contributed by atoms with Gasteiger partial charge in [0.2, 0.25) is 4.96 Å². The first-order valence-corrected chi connectivity index (χ1v) is 9.01. The van der Waals surface area contributed by atoms with Gasteiger partial charge in [0.1, 0.15) is 5.01 Å². The van der Waals surface area contributed by atoms with E-state index in [1.165, 1.54) is 38.3 Å².